The fourth-order valence-electron chi connectivity index (χ4n) is 3.20. The minimum atomic E-state index is -3.98. The summed E-state index contributed by atoms with van der Waals surface area (Å²) in [6, 6.07) is 1.62. The molecule has 2 heterocycles. The number of sulfonamides is 1. The van der Waals surface area contributed by atoms with Crippen molar-refractivity contribution in [3.05, 3.63) is 28.1 Å². The highest BCUT2D eigenvalue weighted by atomic mass is 32.2. The first-order valence-electron chi connectivity index (χ1n) is 7.07. The monoisotopic (exact) mass is 345 g/mol. The first kappa shape index (κ1) is 16.1. The van der Waals surface area contributed by atoms with Gasteiger partial charge in [-0.2, -0.15) is 4.31 Å². The summed E-state index contributed by atoms with van der Waals surface area (Å²) in [6.45, 7) is 2.16. The van der Waals surface area contributed by atoms with Crippen molar-refractivity contribution >= 4 is 15.7 Å². The molecule has 0 spiro atoms. The van der Waals surface area contributed by atoms with E-state index in [0.29, 0.717) is 13.1 Å². The normalized spacial score (nSPS) is 24.6. The quantitative estimate of drug-likeness (QED) is 0.633. The molecule has 8 nitrogen and oxygen atoms in total. The molecule has 1 aromatic carbocycles. The van der Waals surface area contributed by atoms with Gasteiger partial charge in [0.1, 0.15) is 0 Å². The number of ether oxygens (including phenoxy) is 1. The molecule has 0 aliphatic carbocycles. The molecule has 2 saturated heterocycles. The zero-order chi connectivity index (χ0) is 16.8. The van der Waals surface area contributed by atoms with Gasteiger partial charge in [-0.25, -0.2) is 12.8 Å². The number of methoxy groups -OCH3 is 1. The SMILES string of the molecule is COc1c(F)cc(S(=O)(=O)N2C[C@H]3CNC[C@H]3C2)cc1[N+](=O)[O-]. The number of hydrogen-bond donors (Lipinski definition) is 1. The second-order valence-electron chi connectivity index (χ2n) is 5.72. The fourth-order valence-corrected chi connectivity index (χ4v) is 4.79. The number of halogens is 1. The van der Waals surface area contributed by atoms with Gasteiger partial charge in [0.2, 0.25) is 15.8 Å². The molecule has 2 fully saturated rings. The van der Waals surface area contributed by atoms with Crippen molar-refractivity contribution in [3.8, 4) is 5.75 Å². The molecule has 2 atom stereocenters. The molecule has 0 aromatic heterocycles. The van der Waals surface area contributed by atoms with Crippen molar-refractivity contribution in [1.29, 1.82) is 0 Å². The predicted molar refractivity (Wildman–Crippen MR) is 78.2 cm³/mol. The molecule has 0 bridgehead atoms. The van der Waals surface area contributed by atoms with Crippen molar-refractivity contribution in [2.75, 3.05) is 33.3 Å². The Morgan fingerprint density at radius 3 is 2.48 bits per heavy atom. The van der Waals surface area contributed by atoms with Crippen molar-refractivity contribution < 1.29 is 22.5 Å². The molecule has 2 aliphatic rings. The van der Waals surface area contributed by atoms with Crippen molar-refractivity contribution in [3.63, 3.8) is 0 Å². The maximum atomic E-state index is 14.0. The maximum Gasteiger partial charge on any atom is 0.315 e. The lowest BCUT2D eigenvalue weighted by Gasteiger charge is -2.17. The zero-order valence-corrected chi connectivity index (χ0v) is 13.2. The van der Waals surface area contributed by atoms with Crippen LogP contribution in [0.1, 0.15) is 0 Å². The van der Waals surface area contributed by atoms with Crippen LogP contribution in [0.25, 0.3) is 0 Å². The van der Waals surface area contributed by atoms with Crippen LogP contribution in [0.15, 0.2) is 17.0 Å². The molecule has 0 amide bonds. The first-order chi connectivity index (χ1) is 10.8. The summed E-state index contributed by atoms with van der Waals surface area (Å²) < 4.78 is 45.3. The summed E-state index contributed by atoms with van der Waals surface area (Å²) in [5.41, 5.74) is -0.702. The maximum absolute atomic E-state index is 14.0. The number of hydrogen-bond acceptors (Lipinski definition) is 6. The number of nitrogens with one attached hydrogen (secondary N) is 1. The predicted octanol–water partition coefficient (Wildman–Crippen LogP) is 0.582. The standard InChI is InChI=1S/C13H16FN3O5S/c1-22-13-11(14)2-10(3-12(13)17(18)19)23(20,21)16-6-8-4-15-5-9(8)7-16/h2-3,8-9,15H,4-7H2,1H3/t8-,9+. The summed E-state index contributed by atoms with van der Waals surface area (Å²) in [7, 11) is -2.89. The van der Waals surface area contributed by atoms with E-state index in [1.165, 1.54) is 4.31 Å². The molecule has 2 aliphatic heterocycles. The second-order valence-corrected chi connectivity index (χ2v) is 7.65. The van der Waals surface area contributed by atoms with Crippen LogP contribution in [0.5, 0.6) is 5.75 Å². The number of nitrogens with zero attached hydrogens (tertiary/aromatic N) is 2. The van der Waals surface area contributed by atoms with Crippen molar-refractivity contribution in [1.82, 2.24) is 9.62 Å². The highest BCUT2D eigenvalue weighted by molar-refractivity contribution is 7.89. The van der Waals surface area contributed by atoms with E-state index < -0.39 is 37.1 Å². The Morgan fingerprint density at radius 1 is 1.35 bits per heavy atom. The molecule has 3 rings (SSSR count). The topological polar surface area (TPSA) is 102 Å². The molecule has 23 heavy (non-hydrogen) atoms. The summed E-state index contributed by atoms with van der Waals surface area (Å²) in [4.78, 5) is 9.76. The highest BCUT2D eigenvalue weighted by Crippen LogP contribution is 2.36. The Balaban J connectivity index is 1.99. The zero-order valence-electron chi connectivity index (χ0n) is 12.4. The van der Waals surface area contributed by atoms with Crippen LogP contribution in [-0.4, -0.2) is 50.9 Å². The van der Waals surface area contributed by atoms with Crippen LogP contribution in [0.3, 0.4) is 0 Å². The summed E-state index contributed by atoms with van der Waals surface area (Å²) >= 11 is 0. The average Bonchev–Trinajstić information content (AvgIpc) is 3.07. The third-order valence-electron chi connectivity index (χ3n) is 4.39. The van der Waals surface area contributed by atoms with Gasteiger partial charge >= 0.3 is 5.69 Å². The summed E-state index contributed by atoms with van der Waals surface area (Å²) in [5.74, 6) is -1.19. The Kier molecular flexibility index (Phi) is 3.98. The highest BCUT2D eigenvalue weighted by Gasteiger charge is 2.42. The Labute approximate surface area is 132 Å². The van der Waals surface area contributed by atoms with Crippen LogP contribution in [0.2, 0.25) is 0 Å². The van der Waals surface area contributed by atoms with Gasteiger partial charge in [0, 0.05) is 19.2 Å². The van der Waals surface area contributed by atoms with Crippen molar-refractivity contribution in [2.24, 2.45) is 11.8 Å². The Morgan fingerprint density at radius 2 is 1.96 bits per heavy atom. The first-order valence-corrected chi connectivity index (χ1v) is 8.51. The second kappa shape index (κ2) is 5.69. The molecule has 10 heteroatoms. The van der Waals surface area contributed by atoms with E-state index >= 15 is 0 Å². The molecule has 0 unspecified atom stereocenters. The lowest BCUT2D eigenvalue weighted by Crippen LogP contribution is -2.32. The number of rotatable bonds is 4. The number of fused-ring (bicyclic) bond motifs is 1. The van der Waals surface area contributed by atoms with Crippen LogP contribution in [0, 0.1) is 27.8 Å². The Bertz CT molecular complexity index is 742. The third kappa shape index (κ3) is 2.66. The minimum absolute atomic E-state index is 0.225. The molecule has 0 saturated carbocycles. The molecular weight excluding hydrogens is 329 g/mol. The van der Waals surface area contributed by atoms with Crippen LogP contribution >= 0.6 is 0 Å². The van der Waals surface area contributed by atoms with Gasteiger partial charge in [-0.3, -0.25) is 10.1 Å². The summed E-state index contributed by atoms with van der Waals surface area (Å²) in [6.07, 6.45) is 0. The smallest absolute Gasteiger partial charge is 0.315 e. The van der Waals surface area contributed by atoms with Crippen LogP contribution in [0.4, 0.5) is 10.1 Å². The summed E-state index contributed by atoms with van der Waals surface area (Å²) in [5, 5.41) is 14.2. The number of benzene rings is 1. The lowest BCUT2D eigenvalue weighted by atomic mass is 10.0. The van der Waals surface area contributed by atoms with Crippen LogP contribution < -0.4 is 10.1 Å². The van der Waals surface area contributed by atoms with E-state index in [9.17, 15) is 22.9 Å². The molecular formula is C13H16FN3O5S. The molecule has 126 valence electrons. The van der Waals surface area contributed by atoms with Gasteiger partial charge in [-0.15, -0.1) is 0 Å². The molecule has 1 N–H and O–H groups in total. The van der Waals surface area contributed by atoms with E-state index in [1.54, 1.807) is 0 Å². The fraction of sp³-hybridized carbons (Fsp3) is 0.538. The largest absolute Gasteiger partial charge is 0.488 e. The average molecular weight is 345 g/mol. The Hall–Kier alpha value is -1.78. The van der Waals surface area contributed by atoms with Gasteiger partial charge < -0.3 is 10.1 Å². The van der Waals surface area contributed by atoms with E-state index in [-0.39, 0.29) is 11.8 Å². The van der Waals surface area contributed by atoms with Gasteiger partial charge in [-0.05, 0) is 31.0 Å². The molecule has 1 aromatic rings. The van der Waals surface area contributed by atoms with Gasteiger partial charge in [0.15, 0.2) is 5.82 Å². The van der Waals surface area contributed by atoms with Crippen LogP contribution in [-0.2, 0) is 10.0 Å². The number of nitro groups is 1. The van der Waals surface area contributed by atoms with Gasteiger partial charge in [-0.1, -0.05) is 0 Å². The number of nitro benzene ring substituents is 1. The lowest BCUT2D eigenvalue weighted by molar-refractivity contribution is -0.386. The van der Waals surface area contributed by atoms with E-state index in [2.05, 4.69) is 10.1 Å². The molecule has 0 radical (unpaired) electrons. The van der Waals surface area contributed by atoms with E-state index in [4.69, 9.17) is 0 Å². The third-order valence-corrected chi connectivity index (χ3v) is 6.20. The van der Waals surface area contributed by atoms with E-state index in [1.807, 2.05) is 0 Å². The van der Waals surface area contributed by atoms with Gasteiger partial charge in [0.05, 0.1) is 16.9 Å². The minimum Gasteiger partial charge on any atom is -0.488 e. The van der Waals surface area contributed by atoms with E-state index in [0.717, 1.165) is 32.3 Å². The van der Waals surface area contributed by atoms with Crippen molar-refractivity contribution in [2.45, 2.75) is 4.90 Å². The van der Waals surface area contributed by atoms with Gasteiger partial charge in [0.25, 0.3) is 0 Å².